The van der Waals surface area contributed by atoms with Crippen molar-refractivity contribution < 1.29 is 25.8 Å². The van der Waals surface area contributed by atoms with E-state index in [2.05, 4.69) is 9.50 Å². The largest absolute Gasteiger partial charge is 0.534 e. The number of nitrogens with one attached hydrogen (secondary N) is 1. The molecule has 1 aliphatic rings. The molecule has 106 valence electrons. The van der Waals surface area contributed by atoms with Crippen molar-refractivity contribution in [2.45, 2.75) is 25.4 Å². The minimum atomic E-state index is -5.61. The highest BCUT2D eigenvalue weighted by atomic mass is 32.2. The van der Waals surface area contributed by atoms with Crippen molar-refractivity contribution in [3.63, 3.8) is 0 Å². The first-order valence-corrected chi connectivity index (χ1v) is 6.95. The van der Waals surface area contributed by atoms with Gasteiger partial charge in [-0.2, -0.15) is 21.6 Å². The van der Waals surface area contributed by atoms with Gasteiger partial charge in [0.05, 0.1) is 0 Å². The molecule has 19 heavy (non-hydrogen) atoms. The lowest BCUT2D eigenvalue weighted by Gasteiger charge is -2.20. The fraction of sp³-hybridized carbons (Fsp3) is 0.455. The molecule has 1 aromatic rings. The zero-order valence-electron chi connectivity index (χ0n) is 10.0. The summed E-state index contributed by atoms with van der Waals surface area (Å²) in [6.45, 7) is 3.02. The normalized spacial score (nSPS) is 16.0. The van der Waals surface area contributed by atoms with Gasteiger partial charge in [-0.1, -0.05) is 0 Å². The van der Waals surface area contributed by atoms with E-state index in [1.165, 1.54) is 12.1 Å². The van der Waals surface area contributed by atoms with Crippen LogP contribution >= 0.6 is 0 Å². The predicted octanol–water partition coefficient (Wildman–Crippen LogP) is 1.87. The molecule has 1 aliphatic heterocycles. The molecule has 2 rings (SSSR count). The van der Waals surface area contributed by atoms with E-state index in [1.807, 2.05) is 0 Å². The first kappa shape index (κ1) is 14.1. The van der Waals surface area contributed by atoms with E-state index in [4.69, 9.17) is 0 Å². The molecule has 0 fully saturated rings. The van der Waals surface area contributed by atoms with Gasteiger partial charge in [-0.25, -0.2) is 0 Å². The summed E-state index contributed by atoms with van der Waals surface area (Å²) in [5, 5.41) is 3.13. The topological polar surface area (TPSA) is 55.4 Å². The lowest BCUT2D eigenvalue weighted by molar-refractivity contribution is -0.0500. The van der Waals surface area contributed by atoms with Crippen LogP contribution in [-0.4, -0.2) is 20.5 Å². The molecule has 4 nitrogen and oxygen atoms in total. The zero-order chi connectivity index (χ0) is 14.3. The van der Waals surface area contributed by atoms with Gasteiger partial charge in [0.25, 0.3) is 0 Å². The Morgan fingerprint density at radius 1 is 1.32 bits per heavy atom. The van der Waals surface area contributed by atoms with E-state index < -0.39 is 15.6 Å². The Bertz CT molecular complexity index is 596. The zero-order valence-corrected chi connectivity index (χ0v) is 10.9. The summed E-state index contributed by atoms with van der Waals surface area (Å²) in [4.78, 5) is 0. The van der Waals surface area contributed by atoms with Crippen LogP contribution in [0.4, 0.5) is 13.2 Å². The second-order valence-corrected chi connectivity index (χ2v) is 5.83. The highest BCUT2D eigenvalue weighted by molar-refractivity contribution is 7.88. The van der Waals surface area contributed by atoms with Crippen LogP contribution in [0.5, 0.6) is 5.75 Å². The number of hydrogen-bond donors (Lipinski definition) is 1. The highest BCUT2D eigenvalue weighted by Gasteiger charge is 2.48. The molecule has 0 aliphatic carbocycles. The van der Waals surface area contributed by atoms with Crippen molar-refractivity contribution in [3.05, 3.63) is 28.8 Å². The molecule has 1 aromatic carbocycles. The monoisotopic (exact) mass is 295 g/mol. The van der Waals surface area contributed by atoms with Gasteiger partial charge in [0.2, 0.25) is 0 Å². The average molecular weight is 295 g/mol. The maximum Gasteiger partial charge on any atom is 0.534 e. The highest BCUT2D eigenvalue weighted by Crippen LogP contribution is 2.30. The third kappa shape index (κ3) is 2.84. The van der Waals surface area contributed by atoms with Gasteiger partial charge < -0.3 is 9.50 Å². The quantitative estimate of drug-likeness (QED) is 0.668. The number of halogens is 3. The van der Waals surface area contributed by atoms with Gasteiger partial charge in [0, 0.05) is 6.54 Å². The van der Waals surface area contributed by atoms with Gasteiger partial charge in [0.1, 0.15) is 5.75 Å². The molecule has 0 aromatic heterocycles. The minimum Gasteiger partial charge on any atom is -0.376 e. The van der Waals surface area contributed by atoms with Crippen molar-refractivity contribution in [2.24, 2.45) is 0 Å². The molecule has 0 amide bonds. The van der Waals surface area contributed by atoms with E-state index in [-0.39, 0.29) is 5.75 Å². The third-order valence-electron chi connectivity index (χ3n) is 2.90. The molecule has 0 saturated carbocycles. The second kappa shape index (κ2) is 4.68. The summed E-state index contributed by atoms with van der Waals surface area (Å²) in [5.74, 6) is -0.296. The molecule has 0 atom stereocenters. The second-order valence-electron chi connectivity index (χ2n) is 4.29. The Kier molecular flexibility index (Phi) is 3.48. The Balaban J connectivity index is 2.35. The van der Waals surface area contributed by atoms with Gasteiger partial charge in [-0.05, 0) is 48.7 Å². The summed E-state index contributed by atoms with van der Waals surface area (Å²) in [6.07, 6.45) is 0.624. The van der Waals surface area contributed by atoms with Crippen LogP contribution in [0.15, 0.2) is 12.1 Å². The van der Waals surface area contributed by atoms with E-state index >= 15 is 0 Å². The first-order valence-electron chi connectivity index (χ1n) is 5.54. The van der Waals surface area contributed by atoms with Crippen LogP contribution in [0, 0.1) is 6.92 Å². The van der Waals surface area contributed by atoms with Crippen LogP contribution in [-0.2, 0) is 23.1 Å². The molecular weight excluding hydrogens is 283 g/mol. The summed E-state index contributed by atoms with van der Waals surface area (Å²) in [7, 11) is -5.61. The maximum atomic E-state index is 12.2. The fourth-order valence-corrected chi connectivity index (χ4v) is 2.43. The van der Waals surface area contributed by atoms with Crippen molar-refractivity contribution in [3.8, 4) is 5.75 Å². The van der Waals surface area contributed by atoms with Crippen LogP contribution in [0.25, 0.3) is 0 Å². The average Bonchev–Trinajstić information content (AvgIpc) is 2.27. The summed E-state index contributed by atoms with van der Waals surface area (Å²) >= 11 is 0. The summed E-state index contributed by atoms with van der Waals surface area (Å²) < 4.78 is 62.7. The van der Waals surface area contributed by atoms with Crippen LogP contribution in [0.3, 0.4) is 0 Å². The van der Waals surface area contributed by atoms with Crippen LogP contribution in [0.1, 0.15) is 16.7 Å². The molecule has 0 saturated heterocycles. The first-order chi connectivity index (χ1) is 8.71. The van der Waals surface area contributed by atoms with Gasteiger partial charge in [-0.3, -0.25) is 0 Å². The number of benzene rings is 1. The Morgan fingerprint density at radius 3 is 2.63 bits per heavy atom. The smallest absolute Gasteiger partial charge is 0.376 e. The summed E-state index contributed by atoms with van der Waals surface area (Å²) in [6, 6.07) is 2.65. The molecule has 0 bridgehead atoms. The Morgan fingerprint density at radius 2 is 2.00 bits per heavy atom. The Hall–Kier alpha value is -1.28. The van der Waals surface area contributed by atoms with Crippen LogP contribution in [0.2, 0.25) is 0 Å². The number of fused-ring (bicyclic) bond motifs is 1. The van der Waals surface area contributed by atoms with E-state index in [0.717, 1.165) is 11.1 Å². The lowest BCUT2D eigenvalue weighted by atomic mass is 9.96. The fourth-order valence-electron chi connectivity index (χ4n) is 1.99. The number of hydrogen-bond acceptors (Lipinski definition) is 4. The predicted molar refractivity (Wildman–Crippen MR) is 62.2 cm³/mol. The minimum absolute atomic E-state index is 0.296. The van der Waals surface area contributed by atoms with Crippen molar-refractivity contribution in [1.82, 2.24) is 5.32 Å². The van der Waals surface area contributed by atoms with Gasteiger partial charge in [-0.15, -0.1) is 0 Å². The maximum absolute atomic E-state index is 12.2. The number of alkyl halides is 3. The van der Waals surface area contributed by atoms with Crippen molar-refractivity contribution in [2.75, 3.05) is 6.54 Å². The molecule has 1 heterocycles. The van der Waals surface area contributed by atoms with Crippen LogP contribution < -0.4 is 9.50 Å². The van der Waals surface area contributed by atoms with E-state index in [1.54, 1.807) is 6.92 Å². The van der Waals surface area contributed by atoms with E-state index in [9.17, 15) is 21.6 Å². The number of aryl methyl sites for hydroxylation is 1. The standard InChI is InChI=1S/C11H12F3NO3S/c1-7-4-9(18-19(16,17)11(12,13)14)5-8-2-3-15-6-10(7)8/h4-5,15H,2-3,6H2,1H3. The molecular formula is C11H12F3NO3S. The third-order valence-corrected chi connectivity index (χ3v) is 3.88. The molecule has 8 heteroatoms. The molecule has 1 N–H and O–H groups in total. The van der Waals surface area contributed by atoms with Crippen molar-refractivity contribution in [1.29, 1.82) is 0 Å². The number of rotatable bonds is 2. The summed E-state index contributed by atoms with van der Waals surface area (Å²) in [5.41, 5.74) is -2.93. The van der Waals surface area contributed by atoms with Gasteiger partial charge in [0.15, 0.2) is 0 Å². The molecule has 0 radical (unpaired) electrons. The van der Waals surface area contributed by atoms with Crippen molar-refractivity contribution >= 4 is 10.1 Å². The molecule has 0 unspecified atom stereocenters. The van der Waals surface area contributed by atoms with Gasteiger partial charge >= 0.3 is 15.6 Å². The Labute approximate surface area is 108 Å². The molecule has 0 spiro atoms. The SMILES string of the molecule is Cc1cc(OS(=O)(=O)C(F)(F)F)cc2c1CNCC2. The lowest BCUT2D eigenvalue weighted by Crippen LogP contribution is -2.28. The van der Waals surface area contributed by atoms with E-state index in [0.29, 0.717) is 25.1 Å².